The summed E-state index contributed by atoms with van der Waals surface area (Å²) in [6.45, 7) is 2.21. The molecule has 0 fully saturated rings. The van der Waals surface area contributed by atoms with Gasteiger partial charge in [0.15, 0.2) is 0 Å². The number of ether oxygens (including phenoxy) is 1. The third kappa shape index (κ3) is 4.92. The first kappa shape index (κ1) is 21.7. The lowest BCUT2D eigenvalue weighted by atomic mass is 9.84. The Balaban J connectivity index is 1.92. The molecule has 0 aliphatic rings. The number of carbonyl (C=O) groups excluding carboxylic acids is 2. The van der Waals surface area contributed by atoms with Crippen LogP contribution in [0.5, 0.6) is 0 Å². The van der Waals surface area contributed by atoms with Crippen molar-refractivity contribution >= 4 is 23.6 Å². The highest BCUT2D eigenvalue weighted by atomic mass is 32.2. The average Bonchev–Trinajstić information content (AvgIpc) is 2.81. The van der Waals surface area contributed by atoms with Crippen molar-refractivity contribution in [3.8, 4) is 0 Å². The molecule has 3 aromatic carbocycles. The average molecular weight is 420 g/mol. The second-order valence-corrected chi connectivity index (χ2v) is 7.91. The van der Waals surface area contributed by atoms with Gasteiger partial charge in [0.2, 0.25) is 0 Å². The van der Waals surface area contributed by atoms with Crippen molar-refractivity contribution in [1.29, 1.82) is 0 Å². The first-order valence-electron chi connectivity index (χ1n) is 9.94. The Labute approximate surface area is 181 Å². The molecule has 0 bridgehead atoms. The van der Waals surface area contributed by atoms with Gasteiger partial charge < -0.3 is 10.1 Å². The van der Waals surface area contributed by atoms with E-state index in [-0.39, 0.29) is 6.61 Å². The topological polar surface area (TPSA) is 55.4 Å². The number of esters is 1. The summed E-state index contributed by atoms with van der Waals surface area (Å²) in [4.78, 5) is 23.4. The zero-order chi connectivity index (χ0) is 21.2. The quantitative estimate of drug-likeness (QED) is 0.255. The largest absolute Gasteiger partial charge is 0.459 e. The zero-order valence-corrected chi connectivity index (χ0v) is 17.7. The molecular formula is C25H25NO3S. The van der Waals surface area contributed by atoms with Crippen LogP contribution >= 0.6 is 11.8 Å². The highest BCUT2D eigenvalue weighted by molar-refractivity contribution is 8.00. The smallest absolute Gasteiger partial charge is 0.396 e. The van der Waals surface area contributed by atoms with Crippen molar-refractivity contribution < 1.29 is 14.3 Å². The van der Waals surface area contributed by atoms with Gasteiger partial charge >= 0.3 is 11.9 Å². The minimum Gasteiger partial charge on any atom is -0.459 e. The van der Waals surface area contributed by atoms with E-state index in [9.17, 15) is 9.59 Å². The van der Waals surface area contributed by atoms with Crippen molar-refractivity contribution in [1.82, 2.24) is 5.32 Å². The summed E-state index contributed by atoms with van der Waals surface area (Å²) in [5, 5.41) is 2.66. The lowest BCUT2D eigenvalue weighted by Crippen LogP contribution is -2.35. The minimum atomic E-state index is -0.844. The van der Waals surface area contributed by atoms with Crippen LogP contribution in [-0.2, 0) is 19.1 Å². The van der Waals surface area contributed by atoms with E-state index in [0.717, 1.165) is 16.7 Å². The maximum atomic E-state index is 11.9. The molecule has 0 radical (unpaired) electrons. The molecule has 0 atom stereocenters. The number of hydrogen-bond donors (Lipinski definition) is 1. The fraction of sp³-hybridized carbons (Fsp3) is 0.200. The van der Waals surface area contributed by atoms with Gasteiger partial charge in [0.1, 0.15) is 0 Å². The zero-order valence-electron chi connectivity index (χ0n) is 16.9. The number of carbonyl (C=O) groups is 2. The van der Waals surface area contributed by atoms with Crippen molar-refractivity contribution in [3.05, 3.63) is 108 Å². The van der Waals surface area contributed by atoms with Crippen LogP contribution in [0.25, 0.3) is 0 Å². The van der Waals surface area contributed by atoms with Crippen LogP contribution in [0.2, 0.25) is 0 Å². The molecule has 0 spiro atoms. The Morgan fingerprint density at radius 2 is 1.23 bits per heavy atom. The van der Waals surface area contributed by atoms with Crippen LogP contribution in [0.15, 0.2) is 91.0 Å². The van der Waals surface area contributed by atoms with Gasteiger partial charge in [-0.15, -0.1) is 11.8 Å². The predicted molar refractivity (Wildman–Crippen MR) is 121 cm³/mol. The highest BCUT2D eigenvalue weighted by Gasteiger charge is 2.36. The van der Waals surface area contributed by atoms with Crippen LogP contribution in [0.3, 0.4) is 0 Å². The van der Waals surface area contributed by atoms with Gasteiger partial charge in [-0.1, -0.05) is 91.0 Å². The molecule has 4 nitrogen and oxygen atoms in total. The number of rotatable bonds is 8. The second kappa shape index (κ2) is 10.6. The fourth-order valence-corrected chi connectivity index (χ4v) is 4.82. The van der Waals surface area contributed by atoms with Crippen LogP contribution in [0.1, 0.15) is 23.6 Å². The first-order chi connectivity index (χ1) is 14.7. The molecule has 0 saturated heterocycles. The molecule has 0 aliphatic heterocycles. The minimum absolute atomic E-state index is 0.181. The second-order valence-electron chi connectivity index (χ2n) is 6.60. The molecule has 0 heterocycles. The van der Waals surface area contributed by atoms with E-state index in [1.54, 1.807) is 18.7 Å². The summed E-state index contributed by atoms with van der Waals surface area (Å²) in [7, 11) is 0. The Morgan fingerprint density at radius 3 is 1.63 bits per heavy atom. The van der Waals surface area contributed by atoms with Crippen LogP contribution in [0, 0.1) is 0 Å². The number of amides is 1. The van der Waals surface area contributed by atoms with E-state index in [1.165, 1.54) is 0 Å². The van der Waals surface area contributed by atoms with Crippen molar-refractivity contribution in [2.24, 2.45) is 0 Å². The van der Waals surface area contributed by atoms with Gasteiger partial charge in [0, 0.05) is 12.3 Å². The number of hydrogen-bond acceptors (Lipinski definition) is 4. The SMILES string of the molecule is CCOC(=O)C(=O)NCCSC(c1ccccc1)(c1ccccc1)c1ccccc1. The summed E-state index contributed by atoms with van der Waals surface area (Å²) in [6.07, 6.45) is 0. The predicted octanol–water partition coefficient (Wildman–Crippen LogP) is 4.39. The first-order valence-corrected chi connectivity index (χ1v) is 10.9. The number of benzene rings is 3. The molecule has 0 aromatic heterocycles. The van der Waals surface area contributed by atoms with Crippen LogP contribution in [0.4, 0.5) is 0 Å². The molecule has 30 heavy (non-hydrogen) atoms. The van der Waals surface area contributed by atoms with E-state index in [1.807, 2.05) is 54.6 Å². The normalized spacial score (nSPS) is 11.0. The molecule has 0 aliphatic carbocycles. The monoisotopic (exact) mass is 419 g/mol. The standard InChI is InChI=1S/C25H25NO3S/c1-2-29-24(28)23(27)26-18-19-30-25(20-12-6-3-7-13-20,21-14-8-4-9-15-21)22-16-10-5-11-17-22/h3-17H,2,18-19H2,1H3,(H,26,27). The van der Waals surface area contributed by atoms with E-state index >= 15 is 0 Å². The molecule has 154 valence electrons. The summed E-state index contributed by atoms with van der Waals surface area (Å²) in [5.74, 6) is -0.936. The third-order valence-electron chi connectivity index (χ3n) is 4.71. The van der Waals surface area contributed by atoms with E-state index in [2.05, 4.69) is 41.7 Å². The Kier molecular flexibility index (Phi) is 7.69. The lowest BCUT2D eigenvalue weighted by molar-refractivity contribution is -0.154. The van der Waals surface area contributed by atoms with Gasteiger partial charge in [0.05, 0.1) is 11.4 Å². The summed E-state index contributed by atoms with van der Waals surface area (Å²) >= 11 is 1.73. The van der Waals surface area contributed by atoms with Crippen molar-refractivity contribution in [3.63, 3.8) is 0 Å². The van der Waals surface area contributed by atoms with Crippen LogP contribution < -0.4 is 5.32 Å². The Hall–Kier alpha value is -3.05. The molecule has 3 rings (SSSR count). The highest BCUT2D eigenvalue weighted by Crippen LogP contribution is 2.48. The molecule has 1 N–H and O–H groups in total. The van der Waals surface area contributed by atoms with Gasteiger partial charge in [-0.2, -0.15) is 0 Å². The van der Waals surface area contributed by atoms with Gasteiger partial charge in [0.25, 0.3) is 0 Å². The molecule has 5 heteroatoms. The maximum absolute atomic E-state index is 11.9. The molecule has 0 unspecified atom stereocenters. The van der Waals surface area contributed by atoms with Gasteiger partial charge in [-0.3, -0.25) is 4.79 Å². The maximum Gasteiger partial charge on any atom is 0.396 e. The van der Waals surface area contributed by atoms with Crippen molar-refractivity contribution in [2.75, 3.05) is 18.9 Å². The number of nitrogens with one attached hydrogen (secondary N) is 1. The van der Waals surface area contributed by atoms with Crippen molar-refractivity contribution in [2.45, 2.75) is 11.7 Å². The van der Waals surface area contributed by atoms with Crippen LogP contribution in [-0.4, -0.2) is 30.8 Å². The Bertz CT molecular complexity index is 849. The number of thioether (sulfide) groups is 1. The van der Waals surface area contributed by atoms with Gasteiger partial charge in [-0.05, 0) is 23.6 Å². The van der Waals surface area contributed by atoms with E-state index in [0.29, 0.717) is 12.3 Å². The molecule has 0 saturated carbocycles. The molecular weight excluding hydrogens is 394 g/mol. The summed E-state index contributed by atoms with van der Waals surface area (Å²) in [6, 6.07) is 31.0. The van der Waals surface area contributed by atoms with E-state index in [4.69, 9.17) is 4.74 Å². The Morgan fingerprint density at radius 1 is 0.800 bits per heavy atom. The lowest BCUT2D eigenvalue weighted by Gasteiger charge is -2.35. The van der Waals surface area contributed by atoms with Gasteiger partial charge in [-0.25, -0.2) is 4.79 Å². The van der Waals surface area contributed by atoms with E-state index < -0.39 is 16.6 Å². The summed E-state index contributed by atoms with van der Waals surface area (Å²) in [5.41, 5.74) is 3.47. The third-order valence-corrected chi connectivity index (χ3v) is 6.26. The summed E-state index contributed by atoms with van der Waals surface area (Å²) < 4.78 is 4.31. The molecule has 3 aromatic rings. The molecule has 1 amide bonds. The fourth-order valence-electron chi connectivity index (χ4n) is 3.41.